The van der Waals surface area contributed by atoms with E-state index in [-0.39, 0.29) is 11.9 Å². The number of halogens is 2. The molecule has 27 heavy (non-hydrogen) atoms. The van der Waals surface area contributed by atoms with Crippen LogP contribution >= 0.6 is 23.2 Å². The van der Waals surface area contributed by atoms with Gasteiger partial charge in [0.25, 0.3) is 0 Å². The fourth-order valence-electron chi connectivity index (χ4n) is 3.67. The average molecular weight is 407 g/mol. The van der Waals surface area contributed by atoms with Crippen molar-refractivity contribution in [2.45, 2.75) is 18.9 Å². The van der Waals surface area contributed by atoms with Crippen molar-refractivity contribution in [3.8, 4) is 11.5 Å². The first-order valence-electron chi connectivity index (χ1n) is 8.98. The normalized spacial score (nSPS) is 19.1. The van der Waals surface area contributed by atoms with E-state index in [4.69, 9.17) is 32.7 Å². The van der Waals surface area contributed by atoms with E-state index in [0.717, 1.165) is 36.4 Å². The Bertz CT molecular complexity index is 839. The van der Waals surface area contributed by atoms with Gasteiger partial charge >= 0.3 is 0 Å². The Balaban J connectivity index is 1.44. The number of carbonyl (C=O) groups is 1. The molecule has 2 aliphatic heterocycles. The quantitative estimate of drug-likeness (QED) is 0.809. The van der Waals surface area contributed by atoms with Gasteiger partial charge in [-0.1, -0.05) is 29.3 Å². The van der Waals surface area contributed by atoms with Gasteiger partial charge in [0.15, 0.2) is 11.5 Å². The SMILES string of the molecule is O=C(CN1CCCC1c1ccc2c(c1)OCCO2)Nc1cc(Cl)cc(Cl)c1. The second-order valence-electron chi connectivity index (χ2n) is 6.74. The Hall–Kier alpha value is -1.95. The highest BCUT2D eigenvalue weighted by molar-refractivity contribution is 6.35. The summed E-state index contributed by atoms with van der Waals surface area (Å²) in [4.78, 5) is 14.7. The van der Waals surface area contributed by atoms with Crippen LogP contribution in [0.4, 0.5) is 5.69 Å². The van der Waals surface area contributed by atoms with Crippen molar-refractivity contribution >= 4 is 34.8 Å². The molecular formula is C20H20Cl2N2O3. The molecule has 1 amide bonds. The van der Waals surface area contributed by atoms with E-state index in [1.807, 2.05) is 12.1 Å². The smallest absolute Gasteiger partial charge is 0.238 e. The lowest BCUT2D eigenvalue weighted by atomic mass is 10.0. The van der Waals surface area contributed by atoms with Gasteiger partial charge in [-0.3, -0.25) is 9.69 Å². The Labute approximate surface area is 168 Å². The summed E-state index contributed by atoms with van der Waals surface area (Å²) in [6.45, 7) is 2.33. The number of fused-ring (bicyclic) bond motifs is 1. The van der Waals surface area contributed by atoms with Gasteiger partial charge in [0, 0.05) is 21.8 Å². The Morgan fingerprint density at radius 2 is 1.81 bits per heavy atom. The number of rotatable bonds is 4. The molecule has 1 atom stereocenters. The highest BCUT2D eigenvalue weighted by atomic mass is 35.5. The fourth-order valence-corrected chi connectivity index (χ4v) is 4.20. The molecule has 142 valence electrons. The number of likely N-dealkylation sites (tertiary alicyclic amines) is 1. The molecule has 2 heterocycles. The summed E-state index contributed by atoms with van der Waals surface area (Å²) in [6.07, 6.45) is 2.06. The monoisotopic (exact) mass is 406 g/mol. The van der Waals surface area contributed by atoms with E-state index in [1.54, 1.807) is 18.2 Å². The van der Waals surface area contributed by atoms with Crippen molar-refractivity contribution in [1.29, 1.82) is 0 Å². The van der Waals surface area contributed by atoms with Gasteiger partial charge in [-0.2, -0.15) is 0 Å². The van der Waals surface area contributed by atoms with Crippen LogP contribution in [0.1, 0.15) is 24.4 Å². The van der Waals surface area contributed by atoms with Gasteiger partial charge in [-0.05, 0) is 55.3 Å². The zero-order valence-electron chi connectivity index (χ0n) is 14.7. The Kier molecular flexibility index (Phi) is 5.43. The summed E-state index contributed by atoms with van der Waals surface area (Å²) in [6, 6.07) is 11.2. The summed E-state index contributed by atoms with van der Waals surface area (Å²) in [5.74, 6) is 1.48. The minimum Gasteiger partial charge on any atom is -0.486 e. The van der Waals surface area contributed by atoms with Crippen LogP contribution in [0.2, 0.25) is 10.0 Å². The zero-order chi connectivity index (χ0) is 18.8. The van der Waals surface area contributed by atoms with Gasteiger partial charge in [0.1, 0.15) is 13.2 Å². The zero-order valence-corrected chi connectivity index (χ0v) is 16.2. The van der Waals surface area contributed by atoms with Crippen LogP contribution in [0, 0.1) is 0 Å². The van der Waals surface area contributed by atoms with E-state index >= 15 is 0 Å². The summed E-state index contributed by atoms with van der Waals surface area (Å²) in [5, 5.41) is 3.87. The summed E-state index contributed by atoms with van der Waals surface area (Å²) < 4.78 is 11.3. The molecule has 2 aromatic rings. The third-order valence-corrected chi connectivity index (χ3v) is 5.24. The van der Waals surface area contributed by atoms with E-state index in [0.29, 0.717) is 35.5 Å². The van der Waals surface area contributed by atoms with Crippen LogP contribution in [-0.2, 0) is 4.79 Å². The number of carbonyl (C=O) groups excluding carboxylic acids is 1. The Morgan fingerprint density at radius 3 is 2.59 bits per heavy atom. The maximum absolute atomic E-state index is 12.5. The largest absolute Gasteiger partial charge is 0.486 e. The maximum atomic E-state index is 12.5. The summed E-state index contributed by atoms with van der Waals surface area (Å²) in [7, 11) is 0. The average Bonchev–Trinajstić information content (AvgIpc) is 3.08. The number of anilines is 1. The molecule has 2 aromatic carbocycles. The first kappa shape index (κ1) is 18.4. The number of hydrogen-bond donors (Lipinski definition) is 1. The number of hydrogen-bond acceptors (Lipinski definition) is 4. The van der Waals surface area contributed by atoms with E-state index in [9.17, 15) is 4.79 Å². The first-order valence-corrected chi connectivity index (χ1v) is 9.73. The molecule has 1 fully saturated rings. The lowest BCUT2D eigenvalue weighted by molar-refractivity contribution is -0.117. The molecule has 7 heteroatoms. The first-order chi connectivity index (χ1) is 13.1. The molecule has 0 radical (unpaired) electrons. The number of ether oxygens (including phenoxy) is 2. The van der Waals surface area contributed by atoms with Crippen LogP contribution in [0.3, 0.4) is 0 Å². The molecule has 4 rings (SSSR count). The summed E-state index contributed by atoms with van der Waals surface area (Å²) >= 11 is 12.0. The van der Waals surface area contributed by atoms with Gasteiger partial charge in [-0.15, -0.1) is 0 Å². The maximum Gasteiger partial charge on any atom is 0.238 e. The molecule has 0 aromatic heterocycles. The molecule has 1 unspecified atom stereocenters. The molecule has 0 spiro atoms. The van der Waals surface area contributed by atoms with E-state index in [1.165, 1.54) is 0 Å². The third-order valence-electron chi connectivity index (χ3n) is 4.81. The van der Waals surface area contributed by atoms with Gasteiger partial charge in [0.2, 0.25) is 5.91 Å². The van der Waals surface area contributed by atoms with E-state index < -0.39 is 0 Å². The van der Waals surface area contributed by atoms with Gasteiger partial charge in [-0.25, -0.2) is 0 Å². The van der Waals surface area contributed by atoms with Crippen molar-refractivity contribution in [3.05, 3.63) is 52.0 Å². The third kappa shape index (κ3) is 4.32. The van der Waals surface area contributed by atoms with Crippen LogP contribution in [0.5, 0.6) is 11.5 Å². The second kappa shape index (κ2) is 7.97. The molecule has 1 N–H and O–H groups in total. The second-order valence-corrected chi connectivity index (χ2v) is 7.61. The predicted octanol–water partition coefficient (Wildman–Crippen LogP) is 4.54. The Morgan fingerprint density at radius 1 is 1.07 bits per heavy atom. The fraction of sp³-hybridized carbons (Fsp3) is 0.350. The van der Waals surface area contributed by atoms with Crippen LogP contribution in [-0.4, -0.2) is 37.1 Å². The molecule has 5 nitrogen and oxygen atoms in total. The molecule has 0 aliphatic carbocycles. The number of benzene rings is 2. The van der Waals surface area contributed by atoms with Crippen LogP contribution in [0.25, 0.3) is 0 Å². The van der Waals surface area contributed by atoms with Crippen molar-refractivity contribution in [2.75, 3.05) is 31.6 Å². The van der Waals surface area contributed by atoms with Crippen molar-refractivity contribution < 1.29 is 14.3 Å². The molecule has 2 aliphatic rings. The lowest BCUT2D eigenvalue weighted by Gasteiger charge is -2.26. The van der Waals surface area contributed by atoms with Crippen molar-refractivity contribution in [3.63, 3.8) is 0 Å². The predicted molar refractivity (Wildman–Crippen MR) is 106 cm³/mol. The molecule has 1 saturated heterocycles. The lowest BCUT2D eigenvalue weighted by Crippen LogP contribution is -2.33. The minimum atomic E-state index is -0.0854. The van der Waals surface area contributed by atoms with Crippen molar-refractivity contribution in [2.24, 2.45) is 0 Å². The molecular weight excluding hydrogens is 387 g/mol. The topological polar surface area (TPSA) is 50.8 Å². The minimum absolute atomic E-state index is 0.0854. The highest BCUT2D eigenvalue weighted by Gasteiger charge is 2.28. The van der Waals surface area contributed by atoms with Crippen molar-refractivity contribution in [1.82, 2.24) is 4.90 Å². The van der Waals surface area contributed by atoms with Gasteiger partial charge < -0.3 is 14.8 Å². The van der Waals surface area contributed by atoms with Crippen LogP contribution < -0.4 is 14.8 Å². The molecule has 0 saturated carbocycles. The molecule has 0 bridgehead atoms. The highest BCUT2D eigenvalue weighted by Crippen LogP contribution is 2.38. The number of nitrogens with one attached hydrogen (secondary N) is 1. The summed E-state index contributed by atoms with van der Waals surface area (Å²) in [5.41, 5.74) is 1.75. The van der Waals surface area contributed by atoms with Crippen LogP contribution in [0.15, 0.2) is 36.4 Å². The number of amides is 1. The van der Waals surface area contributed by atoms with E-state index in [2.05, 4.69) is 16.3 Å². The van der Waals surface area contributed by atoms with Gasteiger partial charge in [0.05, 0.1) is 6.54 Å². The number of nitrogens with zero attached hydrogens (tertiary/aromatic N) is 1. The standard InChI is InChI=1S/C20H20Cl2N2O3/c21-14-9-15(22)11-16(10-14)23-20(25)12-24-5-1-2-17(24)13-3-4-18-19(8-13)27-7-6-26-18/h3-4,8-11,17H,1-2,5-7,12H2,(H,23,25).